The average molecular weight is 446 g/mol. The van der Waals surface area contributed by atoms with Gasteiger partial charge in [0.2, 0.25) is 10.0 Å². The molecule has 146 valence electrons. The fraction of sp³-hybridized carbons (Fsp3) is 0.294. The zero-order valence-corrected chi connectivity index (χ0v) is 18.0. The Kier molecular flexibility index (Phi) is 8.30. The molecule has 0 fully saturated rings. The van der Waals surface area contributed by atoms with Crippen LogP contribution in [0.2, 0.25) is 4.34 Å². The Hall–Kier alpha value is -1.39. The molecule has 0 saturated heterocycles. The Morgan fingerprint density at radius 3 is 2.59 bits per heavy atom. The standard InChI is InChI=1S/C17H20ClN3O3S3/c1-12-3-6-14(7-4-12)27(23,24)21-15(9-10-25-2)17(22)20-19-11-13-5-8-16(18)26-13/h3-8,11,15,21H,9-10H2,1-2H3,(H,20,22)/b19-11+/t15-/m0/s1. The summed E-state index contributed by atoms with van der Waals surface area (Å²) in [4.78, 5) is 13.3. The first-order valence-electron chi connectivity index (χ1n) is 7.98. The van der Waals surface area contributed by atoms with E-state index in [1.165, 1.54) is 41.4 Å². The Morgan fingerprint density at radius 1 is 1.30 bits per heavy atom. The van der Waals surface area contributed by atoms with Gasteiger partial charge in [0.25, 0.3) is 5.91 Å². The highest BCUT2D eigenvalue weighted by Gasteiger charge is 2.25. The Labute approximate surface area is 172 Å². The molecule has 0 aliphatic rings. The first-order chi connectivity index (χ1) is 12.8. The molecule has 1 aromatic carbocycles. The summed E-state index contributed by atoms with van der Waals surface area (Å²) < 4.78 is 28.2. The van der Waals surface area contributed by atoms with E-state index in [1.54, 1.807) is 24.3 Å². The van der Waals surface area contributed by atoms with Gasteiger partial charge in [-0.25, -0.2) is 13.8 Å². The average Bonchev–Trinajstić information content (AvgIpc) is 3.04. The maximum Gasteiger partial charge on any atom is 0.258 e. The number of halogens is 1. The number of aryl methyl sites for hydroxylation is 1. The molecule has 27 heavy (non-hydrogen) atoms. The van der Waals surface area contributed by atoms with E-state index in [4.69, 9.17) is 11.6 Å². The van der Waals surface area contributed by atoms with Crippen molar-refractivity contribution in [2.24, 2.45) is 5.10 Å². The van der Waals surface area contributed by atoms with Crippen molar-refractivity contribution in [1.82, 2.24) is 10.1 Å². The van der Waals surface area contributed by atoms with E-state index in [2.05, 4.69) is 15.2 Å². The lowest BCUT2D eigenvalue weighted by molar-refractivity contribution is -0.122. The number of thiophene rings is 1. The van der Waals surface area contributed by atoms with Gasteiger partial charge in [0, 0.05) is 4.88 Å². The summed E-state index contributed by atoms with van der Waals surface area (Å²) in [6.45, 7) is 1.87. The molecule has 1 aromatic heterocycles. The van der Waals surface area contributed by atoms with Crippen LogP contribution in [0.4, 0.5) is 0 Å². The molecular weight excluding hydrogens is 426 g/mol. The van der Waals surface area contributed by atoms with Gasteiger partial charge in [-0.2, -0.15) is 21.6 Å². The summed E-state index contributed by atoms with van der Waals surface area (Å²) in [6, 6.07) is 9.03. The molecule has 0 spiro atoms. The van der Waals surface area contributed by atoms with Crippen LogP contribution in [-0.4, -0.2) is 38.6 Å². The Morgan fingerprint density at radius 2 is 2.00 bits per heavy atom. The highest BCUT2D eigenvalue weighted by atomic mass is 35.5. The van der Waals surface area contributed by atoms with E-state index in [1.807, 2.05) is 13.2 Å². The van der Waals surface area contributed by atoms with Crippen LogP contribution in [0.3, 0.4) is 0 Å². The van der Waals surface area contributed by atoms with Crippen molar-refractivity contribution >= 4 is 56.8 Å². The van der Waals surface area contributed by atoms with E-state index in [-0.39, 0.29) is 4.90 Å². The summed E-state index contributed by atoms with van der Waals surface area (Å²) in [7, 11) is -3.81. The fourth-order valence-corrected chi connectivity index (χ4v) is 4.72. The SMILES string of the molecule is CSCC[C@H](NS(=O)(=O)c1ccc(C)cc1)C(=O)N/N=C/c1ccc(Cl)s1. The molecular formula is C17H20ClN3O3S3. The molecule has 0 saturated carbocycles. The van der Waals surface area contributed by atoms with Gasteiger partial charge in [-0.05, 0) is 49.6 Å². The van der Waals surface area contributed by atoms with Gasteiger partial charge in [0.05, 0.1) is 15.4 Å². The zero-order chi connectivity index (χ0) is 19.9. The first-order valence-corrected chi connectivity index (χ1v) is 12.0. The van der Waals surface area contributed by atoms with E-state index >= 15 is 0 Å². The monoisotopic (exact) mass is 445 g/mol. The summed E-state index contributed by atoms with van der Waals surface area (Å²) in [5.41, 5.74) is 3.34. The summed E-state index contributed by atoms with van der Waals surface area (Å²) in [5.74, 6) is 0.109. The second-order valence-corrected chi connectivity index (χ2v) is 10.1. The van der Waals surface area contributed by atoms with Crippen molar-refractivity contribution in [3.8, 4) is 0 Å². The molecule has 0 radical (unpaired) electrons. The maximum atomic E-state index is 12.6. The Bertz CT molecular complexity index is 896. The number of hydrogen-bond acceptors (Lipinski definition) is 6. The van der Waals surface area contributed by atoms with E-state index in [0.717, 1.165) is 10.4 Å². The molecule has 0 aliphatic carbocycles. The minimum Gasteiger partial charge on any atom is -0.271 e. The van der Waals surface area contributed by atoms with Gasteiger partial charge in [-0.15, -0.1) is 11.3 Å². The topological polar surface area (TPSA) is 87.6 Å². The molecule has 0 unspecified atom stereocenters. The third-order valence-electron chi connectivity index (χ3n) is 3.52. The van der Waals surface area contributed by atoms with Gasteiger partial charge in [-0.1, -0.05) is 29.3 Å². The van der Waals surface area contributed by atoms with Crippen LogP contribution in [0.15, 0.2) is 46.4 Å². The number of thioether (sulfide) groups is 1. The quantitative estimate of drug-likeness (QED) is 0.458. The van der Waals surface area contributed by atoms with Gasteiger partial charge < -0.3 is 0 Å². The maximum absolute atomic E-state index is 12.6. The van der Waals surface area contributed by atoms with Crippen molar-refractivity contribution in [2.75, 3.05) is 12.0 Å². The molecule has 10 heteroatoms. The normalized spacial score (nSPS) is 13.0. The van der Waals surface area contributed by atoms with Crippen molar-refractivity contribution in [2.45, 2.75) is 24.3 Å². The van der Waals surface area contributed by atoms with Gasteiger partial charge in [-0.3, -0.25) is 4.79 Å². The van der Waals surface area contributed by atoms with Gasteiger partial charge >= 0.3 is 0 Å². The smallest absolute Gasteiger partial charge is 0.258 e. The lowest BCUT2D eigenvalue weighted by Crippen LogP contribution is -2.45. The fourth-order valence-electron chi connectivity index (χ4n) is 2.09. The number of nitrogens with one attached hydrogen (secondary N) is 2. The third kappa shape index (κ3) is 6.93. The molecule has 0 aliphatic heterocycles. The van der Waals surface area contributed by atoms with Crippen molar-refractivity contribution in [3.05, 3.63) is 51.2 Å². The molecule has 6 nitrogen and oxygen atoms in total. The van der Waals surface area contributed by atoms with E-state index < -0.39 is 22.0 Å². The number of hydrogen-bond donors (Lipinski definition) is 2. The molecule has 1 atom stereocenters. The van der Waals surface area contributed by atoms with Crippen LogP contribution in [0, 0.1) is 6.92 Å². The van der Waals surface area contributed by atoms with Crippen LogP contribution in [0.5, 0.6) is 0 Å². The van der Waals surface area contributed by atoms with Crippen molar-refractivity contribution in [3.63, 3.8) is 0 Å². The molecule has 2 N–H and O–H groups in total. The van der Waals surface area contributed by atoms with Crippen LogP contribution in [0.1, 0.15) is 16.9 Å². The molecule has 1 heterocycles. The second-order valence-electron chi connectivity index (χ2n) is 5.64. The van der Waals surface area contributed by atoms with Crippen LogP contribution in [0.25, 0.3) is 0 Å². The number of benzene rings is 1. The van der Waals surface area contributed by atoms with E-state index in [0.29, 0.717) is 16.5 Å². The van der Waals surface area contributed by atoms with E-state index in [9.17, 15) is 13.2 Å². The number of rotatable bonds is 9. The van der Waals surface area contributed by atoms with Crippen LogP contribution >= 0.6 is 34.7 Å². The number of carbonyl (C=O) groups is 1. The molecule has 1 amide bonds. The second kappa shape index (κ2) is 10.2. The number of sulfonamides is 1. The Balaban J connectivity index is 2.07. The minimum absolute atomic E-state index is 0.117. The number of hydrazone groups is 1. The predicted molar refractivity (Wildman–Crippen MR) is 113 cm³/mol. The number of carbonyl (C=O) groups excluding carboxylic acids is 1. The highest BCUT2D eigenvalue weighted by Crippen LogP contribution is 2.19. The zero-order valence-electron chi connectivity index (χ0n) is 14.8. The lowest BCUT2D eigenvalue weighted by atomic mass is 10.2. The molecule has 2 rings (SSSR count). The highest BCUT2D eigenvalue weighted by molar-refractivity contribution is 7.98. The summed E-state index contributed by atoms with van der Waals surface area (Å²) >= 11 is 8.69. The summed E-state index contributed by atoms with van der Waals surface area (Å²) in [6.07, 6.45) is 3.70. The van der Waals surface area contributed by atoms with Gasteiger partial charge in [0.1, 0.15) is 6.04 Å². The molecule has 2 aromatic rings. The number of nitrogens with zero attached hydrogens (tertiary/aromatic N) is 1. The van der Waals surface area contributed by atoms with Crippen molar-refractivity contribution in [1.29, 1.82) is 0 Å². The predicted octanol–water partition coefficient (Wildman–Crippen LogP) is 3.26. The lowest BCUT2D eigenvalue weighted by Gasteiger charge is -2.17. The van der Waals surface area contributed by atoms with Crippen LogP contribution in [-0.2, 0) is 14.8 Å². The minimum atomic E-state index is -3.81. The number of amides is 1. The largest absolute Gasteiger partial charge is 0.271 e. The summed E-state index contributed by atoms with van der Waals surface area (Å²) in [5, 5.41) is 3.88. The van der Waals surface area contributed by atoms with Crippen LogP contribution < -0.4 is 10.1 Å². The molecule has 0 bridgehead atoms. The van der Waals surface area contributed by atoms with Gasteiger partial charge in [0.15, 0.2) is 0 Å². The first kappa shape index (κ1) is 21.9. The van der Waals surface area contributed by atoms with Crippen molar-refractivity contribution < 1.29 is 13.2 Å². The third-order valence-corrected chi connectivity index (χ3v) is 6.81.